The van der Waals surface area contributed by atoms with Crippen LogP contribution in [-0.4, -0.2) is 24.1 Å². The number of carbonyl (C=O) groups is 1. The van der Waals surface area contributed by atoms with Gasteiger partial charge in [-0.25, -0.2) is 9.78 Å². The van der Waals surface area contributed by atoms with Crippen LogP contribution in [0, 0.1) is 6.92 Å². The van der Waals surface area contributed by atoms with Crippen molar-refractivity contribution in [3.8, 4) is 0 Å². The Labute approximate surface area is 143 Å². The Hall–Kier alpha value is -2.56. The summed E-state index contributed by atoms with van der Waals surface area (Å²) in [4.78, 5) is 18.7. The van der Waals surface area contributed by atoms with Crippen LogP contribution in [0.2, 0.25) is 0 Å². The number of benzene rings is 1. The second kappa shape index (κ2) is 7.81. The van der Waals surface area contributed by atoms with Crippen LogP contribution < -0.4 is 15.5 Å². The molecule has 2 aromatic rings. The van der Waals surface area contributed by atoms with E-state index in [0.717, 1.165) is 30.0 Å². The highest BCUT2D eigenvalue weighted by Crippen LogP contribution is 2.18. The third-order valence-corrected chi connectivity index (χ3v) is 4.27. The van der Waals surface area contributed by atoms with Gasteiger partial charge in [0.25, 0.3) is 0 Å². The summed E-state index contributed by atoms with van der Waals surface area (Å²) in [5, 5.41) is 5.78. The molecule has 2 heterocycles. The number of pyridine rings is 1. The second-order valence-corrected chi connectivity index (χ2v) is 6.24. The molecule has 24 heavy (non-hydrogen) atoms. The Morgan fingerprint density at radius 3 is 2.42 bits per heavy atom. The second-order valence-electron chi connectivity index (χ2n) is 6.24. The van der Waals surface area contributed by atoms with Crippen molar-refractivity contribution in [2.75, 3.05) is 18.0 Å². The lowest BCUT2D eigenvalue weighted by Gasteiger charge is -2.17. The Morgan fingerprint density at radius 1 is 1.04 bits per heavy atom. The number of urea groups is 1. The lowest BCUT2D eigenvalue weighted by atomic mass is 10.1. The van der Waals surface area contributed by atoms with Gasteiger partial charge in [-0.1, -0.05) is 29.8 Å². The van der Waals surface area contributed by atoms with Gasteiger partial charge >= 0.3 is 6.03 Å². The number of amides is 2. The number of hydrogen-bond acceptors (Lipinski definition) is 3. The fourth-order valence-electron chi connectivity index (χ4n) is 2.82. The first-order valence-electron chi connectivity index (χ1n) is 8.48. The summed E-state index contributed by atoms with van der Waals surface area (Å²) in [5.74, 6) is 1.01. The van der Waals surface area contributed by atoms with E-state index < -0.39 is 0 Å². The number of anilines is 1. The normalized spacial score (nSPS) is 13.8. The number of nitrogens with one attached hydrogen (secondary N) is 2. The van der Waals surface area contributed by atoms with Gasteiger partial charge < -0.3 is 15.5 Å². The van der Waals surface area contributed by atoms with E-state index in [2.05, 4.69) is 33.5 Å². The largest absolute Gasteiger partial charge is 0.357 e. The highest BCUT2D eigenvalue weighted by molar-refractivity contribution is 5.73. The van der Waals surface area contributed by atoms with E-state index in [1.807, 2.05) is 36.5 Å². The molecule has 0 spiro atoms. The Morgan fingerprint density at radius 2 is 1.71 bits per heavy atom. The van der Waals surface area contributed by atoms with Crippen molar-refractivity contribution in [2.45, 2.75) is 32.9 Å². The van der Waals surface area contributed by atoms with E-state index in [-0.39, 0.29) is 6.03 Å². The summed E-state index contributed by atoms with van der Waals surface area (Å²) in [6, 6.07) is 12.0. The van der Waals surface area contributed by atoms with Gasteiger partial charge in [-0.15, -0.1) is 0 Å². The zero-order chi connectivity index (χ0) is 16.8. The standard InChI is InChI=1S/C19H24N4O/c1-15-4-6-16(7-5-15)13-21-19(24)22-14-17-8-9-20-18(12-17)23-10-2-3-11-23/h4-9,12H,2-3,10-11,13-14H2,1H3,(H2,21,22,24). The lowest BCUT2D eigenvalue weighted by Crippen LogP contribution is -2.34. The van der Waals surface area contributed by atoms with Gasteiger partial charge in [0, 0.05) is 32.4 Å². The molecule has 0 radical (unpaired) electrons. The maximum atomic E-state index is 11.9. The molecule has 2 amide bonds. The summed E-state index contributed by atoms with van der Waals surface area (Å²) < 4.78 is 0. The van der Waals surface area contributed by atoms with Gasteiger partial charge in [-0.3, -0.25) is 0 Å². The fourth-order valence-corrected chi connectivity index (χ4v) is 2.82. The van der Waals surface area contributed by atoms with Gasteiger partial charge in [-0.05, 0) is 43.0 Å². The topological polar surface area (TPSA) is 57.3 Å². The molecular weight excluding hydrogens is 300 g/mol. The molecule has 1 aromatic heterocycles. The van der Waals surface area contributed by atoms with E-state index in [0.29, 0.717) is 13.1 Å². The minimum atomic E-state index is -0.157. The molecule has 3 rings (SSSR count). The first kappa shape index (κ1) is 16.3. The van der Waals surface area contributed by atoms with Crippen molar-refractivity contribution < 1.29 is 4.79 Å². The van der Waals surface area contributed by atoms with Gasteiger partial charge in [0.05, 0.1) is 0 Å². The van der Waals surface area contributed by atoms with Crippen molar-refractivity contribution in [1.29, 1.82) is 0 Å². The third kappa shape index (κ3) is 4.47. The monoisotopic (exact) mass is 324 g/mol. The van der Waals surface area contributed by atoms with Crippen LogP contribution in [0.3, 0.4) is 0 Å². The van der Waals surface area contributed by atoms with E-state index in [4.69, 9.17) is 0 Å². The third-order valence-electron chi connectivity index (χ3n) is 4.27. The smallest absolute Gasteiger partial charge is 0.315 e. The number of hydrogen-bond donors (Lipinski definition) is 2. The first-order chi connectivity index (χ1) is 11.7. The molecule has 0 aliphatic carbocycles. The average molecular weight is 324 g/mol. The molecule has 2 N–H and O–H groups in total. The van der Waals surface area contributed by atoms with Gasteiger partial charge in [0.1, 0.15) is 5.82 Å². The minimum absolute atomic E-state index is 0.157. The molecule has 126 valence electrons. The summed E-state index contributed by atoms with van der Waals surface area (Å²) in [5.41, 5.74) is 3.38. The molecule has 0 unspecified atom stereocenters. The maximum Gasteiger partial charge on any atom is 0.315 e. The quantitative estimate of drug-likeness (QED) is 0.889. The van der Waals surface area contributed by atoms with Crippen LogP contribution in [0.1, 0.15) is 29.5 Å². The maximum absolute atomic E-state index is 11.9. The first-order valence-corrected chi connectivity index (χ1v) is 8.48. The highest BCUT2D eigenvalue weighted by Gasteiger charge is 2.13. The van der Waals surface area contributed by atoms with E-state index in [9.17, 15) is 4.79 Å². The molecule has 1 aromatic carbocycles. The van der Waals surface area contributed by atoms with Gasteiger partial charge in [0.15, 0.2) is 0 Å². The Bertz CT molecular complexity index is 678. The van der Waals surface area contributed by atoms with Crippen molar-refractivity contribution in [3.63, 3.8) is 0 Å². The SMILES string of the molecule is Cc1ccc(CNC(=O)NCc2ccnc(N3CCCC3)c2)cc1. The minimum Gasteiger partial charge on any atom is -0.357 e. The van der Waals surface area contributed by atoms with E-state index >= 15 is 0 Å². The summed E-state index contributed by atoms with van der Waals surface area (Å²) in [6.07, 6.45) is 4.27. The number of carbonyl (C=O) groups excluding carboxylic acids is 1. The molecule has 1 aliphatic heterocycles. The van der Waals surface area contributed by atoms with Crippen molar-refractivity contribution in [3.05, 3.63) is 59.3 Å². The molecule has 0 bridgehead atoms. The lowest BCUT2D eigenvalue weighted by molar-refractivity contribution is 0.240. The van der Waals surface area contributed by atoms with E-state index in [1.54, 1.807) is 0 Å². The predicted molar refractivity (Wildman–Crippen MR) is 95.9 cm³/mol. The van der Waals surface area contributed by atoms with Crippen molar-refractivity contribution in [2.24, 2.45) is 0 Å². The molecule has 0 saturated carbocycles. The van der Waals surface area contributed by atoms with Crippen LogP contribution in [0.15, 0.2) is 42.6 Å². The average Bonchev–Trinajstić information content (AvgIpc) is 3.14. The molecule has 5 heteroatoms. The van der Waals surface area contributed by atoms with Crippen molar-refractivity contribution >= 4 is 11.8 Å². The summed E-state index contributed by atoms with van der Waals surface area (Å²) in [6.45, 7) is 5.22. The van der Waals surface area contributed by atoms with Crippen LogP contribution in [0.5, 0.6) is 0 Å². The van der Waals surface area contributed by atoms with Crippen LogP contribution in [0.4, 0.5) is 10.6 Å². The van der Waals surface area contributed by atoms with Crippen LogP contribution in [0.25, 0.3) is 0 Å². The van der Waals surface area contributed by atoms with Gasteiger partial charge in [-0.2, -0.15) is 0 Å². The molecule has 5 nitrogen and oxygen atoms in total. The van der Waals surface area contributed by atoms with Crippen LogP contribution in [-0.2, 0) is 13.1 Å². The molecule has 0 atom stereocenters. The molecular formula is C19H24N4O. The summed E-state index contributed by atoms with van der Waals surface area (Å²) >= 11 is 0. The zero-order valence-electron chi connectivity index (χ0n) is 14.1. The summed E-state index contributed by atoms with van der Waals surface area (Å²) in [7, 11) is 0. The van der Waals surface area contributed by atoms with Crippen molar-refractivity contribution in [1.82, 2.24) is 15.6 Å². The number of aryl methyl sites for hydroxylation is 1. The number of nitrogens with zero attached hydrogens (tertiary/aromatic N) is 2. The molecule has 1 saturated heterocycles. The molecule has 1 aliphatic rings. The number of rotatable bonds is 5. The van der Waals surface area contributed by atoms with E-state index in [1.165, 1.54) is 18.4 Å². The van der Waals surface area contributed by atoms with Crippen LogP contribution >= 0.6 is 0 Å². The number of aromatic nitrogens is 1. The Kier molecular flexibility index (Phi) is 5.31. The predicted octanol–water partition coefficient (Wildman–Crippen LogP) is 2.99. The molecule has 1 fully saturated rings. The zero-order valence-corrected chi connectivity index (χ0v) is 14.1. The van der Waals surface area contributed by atoms with Gasteiger partial charge in [0.2, 0.25) is 0 Å². The Balaban J connectivity index is 1.47. The highest BCUT2D eigenvalue weighted by atomic mass is 16.2. The fraction of sp³-hybridized carbons (Fsp3) is 0.368.